The summed E-state index contributed by atoms with van der Waals surface area (Å²) in [7, 11) is 4.26. The molecule has 0 N–H and O–H groups in total. The van der Waals surface area contributed by atoms with Crippen LogP contribution in [0.5, 0.6) is 0 Å². The van der Waals surface area contributed by atoms with Crippen LogP contribution in [0.2, 0.25) is 0 Å². The van der Waals surface area contributed by atoms with E-state index in [0.29, 0.717) is 5.92 Å². The summed E-state index contributed by atoms with van der Waals surface area (Å²) >= 11 is 0. The molecule has 0 rings (SSSR count). The van der Waals surface area contributed by atoms with Crippen molar-refractivity contribution in [3.05, 3.63) is 23.8 Å². The summed E-state index contributed by atoms with van der Waals surface area (Å²) in [4.78, 5) is 2.24. The van der Waals surface area contributed by atoms with Crippen LogP contribution in [0.1, 0.15) is 33.6 Å². The summed E-state index contributed by atoms with van der Waals surface area (Å²) in [6.45, 7) is 7.65. The highest BCUT2D eigenvalue weighted by atomic mass is 15.0. The van der Waals surface area contributed by atoms with Crippen LogP contribution in [0.3, 0.4) is 0 Å². The van der Waals surface area contributed by atoms with E-state index in [9.17, 15) is 0 Å². The maximum absolute atomic E-state index is 2.39. The molecule has 1 atom stereocenters. The second kappa shape index (κ2) is 7.81. The summed E-state index contributed by atoms with van der Waals surface area (Å²) in [6, 6.07) is 0. The third-order valence-corrected chi connectivity index (χ3v) is 2.09. The van der Waals surface area contributed by atoms with Crippen molar-refractivity contribution in [1.82, 2.24) is 4.90 Å². The largest absolute Gasteiger partial charge is 0.305 e. The van der Waals surface area contributed by atoms with E-state index in [1.54, 1.807) is 5.57 Å². The number of allylic oxidation sites excluding steroid dienone is 3. The molecule has 0 saturated carbocycles. The van der Waals surface area contributed by atoms with Gasteiger partial charge in [-0.05, 0) is 33.4 Å². The number of likely N-dealkylation sites (N-methyl/N-ethyl adjacent to an activating group) is 1. The highest BCUT2D eigenvalue weighted by molar-refractivity contribution is 5.09. The first-order valence-electron chi connectivity index (χ1n) is 5.57. The van der Waals surface area contributed by atoms with Gasteiger partial charge in [0.2, 0.25) is 0 Å². The van der Waals surface area contributed by atoms with Crippen molar-refractivity contribution < 1.29 is 0 Å². The molecule has 0 aromatic carbocycles. The quantitative estimate of drug-likeness (QED) is 0.586. The SMILES string of the molecule is C/C=C\C(C)/C=C(\CCC)CN(C)C. The van der Waals surface area contributed by atoms with Gasteiger partial charge in [0.05, 0.1) is 0 Å². The average molecular weight is 195 g/mol. The lowest BCUT2D eigenvalue weighted by atomic mass is 10.0. The Morgan fingerprint density at radius 3 is 2.43 bits per heavy atom. The van der Waals surface area contributed by atoms with Crippen molar-refractivity contribution in [2.45, 2.75) is 33.6 Å². The van der Waals surface area contributed by atoms with Gasteiger partial charge < -0.3 is 4.90 Å². The van der Waals surface area contributed by atoms with Gasteiger partial charge in [-0.25, -0.2) is 0 Å². The average Bonchev–Trinajstić information content (AvgIpc) is 2.03. The molecular weight excluding hydrogens is 170 g/mol. The van der Waals surface area contributed by atoms with Crippen molar-refractivity contribution in [2.24, 2.45) is 5.92 Å². The topological polar surface area (TPSA) is 3.24 Å². The summed E-state index contributed by atoms with van der Waals surface area (Å²) < 4.78 is 0. The summed E-state index contributed by atoms with van der Waals surface area (Å²) in [5.74, 6) is 0.571. The van der Waals surface area contributed by atoms with Crippen LogP contribution in [0.25, 0.3) is 0 Å². The van der Waals surface area contributed by atoms with Crippen LogP contribution in [-0.2, 0) is 0 Å². The second-order valence-corrected chi connectivity index (χ2v) is 4.20. The first-order chi connectivity index (χ1) is 6.60. The van der Waals surface area contributed by atoms with Gasteiger partial charge in [0.15, 0.2) is 0 Å². The molecule has 1 unspecified atom stereocenters. The maximum Gasteiger partial charge on any atom is 0.0186 e. The van der Waals surface area contributed by atoms with Crippen LogP contribution >= 0.6 is 0 Å². The zero-order valence-corrected chi connectivity index (χ0v) is 10.4. The van der Waals surface area contributed by atoms with Crippen molar-refractivity contribution >= 4 is 0 Å². The molecule has 1 nitrogen and oxygen atoms in total. The van der Waals surface area contributed by atoms with Crippen molar-refractivity contribution in [3.63, 3.8) is 0 Å². The minimum absolute atomic E-state index is 0.571. The molecule has 0 amide bonds. The van der Waals surface area contributed by atoms with Gasteiger partial charge in [0, 0.05) is 6.54 Å². The van der Waals surface area contributed by atoms with Crippen LogP contribution in [-0.4, -0.2) is 25.5 Å². The van der Waals surface area contributed by atoms with Gasteiger partial charge in [-0.3, -0.25) is 0 Å². The minimum atomic E-state index is 0.571. The Morgan fingerprint density at radius 2 is 2.00 bits per heavy atom. The van der Waals surface area contributed by atoms with Crippen LogP contribution in [0, 0.1) is 5.92 Å². The Labute approximate surface area is 89.5 Å². The van der Waals surface area contributed by atoms with E-state index in [4.69, 9.17) is 0 Å². The Morgan fingerprint density at radius 1 is 1.36 bits per heavy atom. The molecule has 0 spiro atoms. The zero-order chi connectivity index (χ0) is 11.0. The summed E-state index contributed by atoms with van der Waals surface area (Å²) in [6.07, 6.45) is 9.22. The lowest BCUT2D eigenvalue weighted by molar-refractivity contribution is 0.437. The van der Waals surface area contributed by atoms with Crippen LogP contribution in [0.15, 0.2) is 23.8 Å². The van der Waals surface area contributed by atoms with Gasteiger partial charge in [-0.15, -0.1) is 0 Å². The first kappa shape index (κ1) is 13.4. The molecule has 0 aliphatic heterocycles. The molecule has 0 radical (unpaired) electrons. The van der Waals surface area contributed by atoms with Crippen molar-refractivity contribution in [3.8, 4) is 0 Å². The van der Waals surface area contributed by atoms with E-state index in [2.05, 4.69) is 58.0 Å². The molecular formula is C13H25N. The van der Waals surface area contributed by atoms with Crippen molar-refractivity contribution in [1.29, 1.82) is 0 Å². The van der Waals surface area contributed by atoms with Gasteiger partial charge in [-0.2, -0.15) is 0 Å². The molecule has 0 bridgehead atoms. The lowest BCUT2D eigenvalue weighted by Crippen LogP contribution is -2.15. The summed E-state index contributed by atoms with van der Waals surface area (Å²) in [5.41, 5.74) is 1.56. The third kappa shape index (κ3) is 6.90. The third-order valence-electron chi connectivity index (χ3n) is 2.09. The zero-order valence-electron chi connectivity index (χ0n) is 10.4. The van der Waals surface area contributed by atoms with Gasteiger partial charge in [0.25, 0.3) is 0 Å². The fourth-order valence-corrected chi connectivity index (χ4v) is 1.67. The highest BCUT2D eigenvalue weighted by Gasteiger charge is 2.00. The monoisotopic (exact) mass is 195 g/mol. The minimum Gasteiger partial charge on any atom is -0.305 e. The van der Waals surface area contributed by atoms with E-state index in [1.165, 1.54) is 12.8 Å². The predicted molar refractivity (Wildman–Crippen MR) is 65.5 cm³/mol. The Kier molecular flexibility index (Phi) is 7.50. The molecule has 0 aliphatic rings. The smallest absolute Gasteiger partial charge is 0.0186 e. The number of rotatable bonds is 6. The van der Waals surface area contributed by atoms with E-state index in [1.807, 2.05) is 0 Å². The van der Waals surface area contributed by atoms with E-state index >= 15 is 0 Å². The number of hydrogen-bond donors (Lipinski definition) is 0. The van der Waals surface area contributed by atoms with E-state index in [-0.39, 0.29) is 0 Å². The number of hydrogen-bond acceptors (Lipinski definition) is 1. The molecule has 1 heteroatoms. The van der Waals surface area contributed by atoms with Gasteiger partial charge in [-0.1, -0.05) is 44.1 Å². The standard InChI is InChI=1S/C13H25N/c1-6-8-12(3)10-13(9-7-2)11-14(4)5/h6,8,10,12H,7,9,11H2,1-5H3/b8-6-,13-10+. The van der Waals surface area contributed by atoms with Gasteiger partial charge >= 0.3 is 0 Å². The molecule has 0 saturated heterocycles. The normalized spacial score (nSPS) is 15.4. The lowest BCUT2D eigenvalue weighted by Gasteiger charge is -2.14. The molecule has 0 aromatic rings. The Bertz CT molecular complexity index is 189. The molecule has 0 heterocycles. The Hall–Kier alpha value is -0.560. The fourth-order valence-electron chi connectivity index (χ4n) is 1.67. The molecule has 82 valence electrons. The summed E-state index contributed by atoms with van der Waals surface area (Å²) in [5, 5.41) is 0. The molecule has 0 fully saturated rings. The Balaban J connectivity index is 4.29. The van der Waals surface area contributed by atoms with E-state index in [0.717, 1.165) is 6.54 Å². The number of nitrogens with zero attached hydrogens (tertiary/aromatic N) is 1. The molecule has 0 aromatic heterocycles. The van der Waals surface area contributed by atoms with E-state index < -0.39 is 0 Å². The maximum atomic E-state index is 2.39. The molecule has 0 aliphatic carbocycles. The van der Waals surface area contributed by atoms with Crippen LogP contribution in [0.4, 0.5) is 0 Å². The predicted octanol–water partition coefficient (Wildman–Crippen LogP) is 3.49. The van der Waals surface area contributed by atoms with Gasteiger partial charge in [0.1, 0.15) is 0 Å². The molecule has 14 heavy (non-hydrogen) atoms. The van der Waals surface area contributed by atoms with Crippen molar-refractivity contribution in [2.75, 3.05) is 20.6 Å². The fraction of sp³-hybridized carbons (Fsp3) is 0.692. The second-order valence-electron chi connectivity index (χ2n) is 4.20. The van der Waals surface area contributed by atoms with Crippen LogP contribution < -0.4 is 0 Å². The first-order valence-corrected chi connectivity index (χ1v) is 5.57. The highest BCUT2D eigenvalue weighted by Crippen LogP contribution is 2.11.